The van der Waals surface area contributed by atoms with Crippen LogP contribution in [0.15, 0.2) is 42.5 Å². The molecular formula is C19H20F2N2OS. The first-order valence-corrected chi connectivity index (χ1v) is 9.29. The summed E-state index contributed by atoms with van der Waals surface area (Å²) in [6.07, 6.45) is 5.76. The smallest absolute Gasteiger partial charge is 0.272 e. The van der Waals surface area contributed by atoms with Gasteiger partial charge in [-0.2, -0.15) is 4.83 Å². The van der Waals surface area contributed by atoms with Gasteiger partial charge in [0, 0.05) is 10.8 Å². The van der Waals surface area contributed by atoms with Crippen molar-refractivity contribution in [1.82, 2.24) is 10.3 Å². The molecule has 0 atom stereocenters. The predicted octanol–water partition coefficient (Wildman–Crippen LogP) is 4.85. The molecule has 1 fully saturated rings. The van der Waals surface area contributed by atoms with Gasteiger partial charge in [-0.1, -0.05) is 61.5 Å². The molecule has 1 aliphatic carbocycles. The second-order valence-electron chi connectivity index (χ2n) is 6.08. The summed E-state index contributed by atoms with van der Waals surface area (Å²) >= 11 is 1.41. The van der Waals surface area contributed by atoms with Crippen molar-refractivity contribution < 1.29 is 13.6 Å². The molecule has 1 amide bonds. The molecule has 132 valence electrons. The highest BCUT2D eigenvalue weighted by atomic mass is 32.2. The molecule has 0 heterocycles. The van der Waals surface area contributed by atoms with E-state index < -0.39 is 23.1 Å². The van der Waals surface area contributed by atoms with E-state index >= 15 is 0 Å². The Hall–Kier alpha value is -1.92. The molecule has 3 rings (SSSR count). The van der Waals surface area contributed by atoms with Gasteiger partial charge in [0.25, 0.3) is 5.91 Å². The van der Waals surface area contributed by atoms with Crippen molar-refractivity contribution >= 4 is 17.9 Å². The number of carbonyl (C=O) groups excluding carboxylic acids is 1. The van der Waals surface area contributed by atoms with E-state index in [1.807, 2.05) is 6.07 Å². The number of carbonyl (C=O) groups is 1. The highest BCUT2D eigenvalue weighted by molar-refractivity contribution is 7.98. The Morgan fingerprint density at radius 2 is 1.72 bits per heavy atom. The molecule has 0 radical (unpaired) electrons. The van der Waals surface area contributed by atoms with Crippen molar-refractivity contribution in [2.75, 3.05) is 0 Å². The summed E-state index contributed by atoms with van der Waals surface area (Å²) in [6, 6.07) is 11.2. The molecular weight excluding hydrogens is 342 g/mol. The second kappa shape index (κ2) is 8.45. The Kier molecular flexibility index (Phi) is 6.04. The Morgan fingerprint density at radius 3 is 2.44 bits per heavy atom. The molecule has 3 nitrogen and oxygen atoms in total. The third kappa shape index (κ3) is 4.38. The summed E-state index contributed by atoms with van der Waals surface area (Å²) in [5, 5.41) is 0.416. The van der Waals surface area contributed by atoms with Gasteiger partial charge in [0.05, 0.1) is 0 Å². The van der Waals surface area contributed by atoms with Crippen LogP contribution < -0.4 is 10.3 Å². The Morgan fingerprint density at radius 1 is 1.00 bits per heavy atom. The molecule has 25 heavy (non-hydrogen) atoms. The third-order valence-electron chi connectivity index (χ3n) is 4.35. The standard InChI is InChI=1S/C19H20F2N2OS/c20-16-12-11-15(13-7-3-1-4-8-13)18(21)17(16)19(24)22-23-25-14-9-5-2-6-10-14/h1,3-4,7-8,11-12,14,23H,2,5-6,9-10H2,(H,22,24). The van der Waals surface area contributed by atoms with Gasteiger partial charge >= 0.3 is 0 Å². The van der Waals surface area contributed by atoms with Crippen LogP contribution in [0.2, 0.25) is 0 Å². The zero-order valence-electron chi connectivity index (χ0n) is 13.7. The molecule has 2 aromatic rings. The first-order valence-electron chi connectivity index (χ1n) is 8.41. The van der Waals surface area contributed by atoms with Crippen molar-refractivity contribution in [2.24, 2.45) is 0 Å². The third-order valence-corrected chi connectivity index (χ3v) is 5.37. The minimum atomic E-state index is -0.876. The molecule has 1 saturated carbocycles. The fourth-order valence-electron chi connectivity index (χ4n) is 3.01. The Bertz CT molecular complexity index is 734. The molecule has 1 aliphatic rings. The fraction of sp³-hybridized carbons (Fsp3) is 0.316. The van der Waals surface area contributed by atoms with Gasteiger partial charge in [-0.25, -0.2) is 8.78 Å². The van der Waals surface area contributed by atoms with Gasteiger partial charge in [-0.05, 0) is 30.5 Å². The first-order chi connectivity index (χ1) is 12.2. The maximum atomic E-state index is 14.7. The van der Waals surface area contributed by atoms with Gasteiger partial charge in [-0.3, -0.25) is 10.2 Å². The topological polar surface area (TPSA) is 41.1 Å². The highest BCUT2D eigenvalue weighted by Gasteiger charge is 2.21. The van der Waals surface area contributed by atoms with Crippen LogP contribution in [0.3, 0.4) is 0 Å². The molecule has 0 bridgehead atoms. The van der Waals surface area contributed by atoms with Gasteiger partial charge in [0.2, 0.25) is 0 Å². The van der Waals surface area contributed by atoms with Crippen LogP contribution in [0.1, 0.15) is 42.5 Å². The minimum Gasteiger partial charge on any atom is -0.277 e. The zero-order valence-corrected chi connectivity index (χ0v) is 14.5. The van der Waals surface area contributed by atoms with Crippen molar-refractivity contribution in [3.8, 4) is 11.1 Å². The van der Waals surface area contributed by atoms with Crippen LogP contribution in [0.4, 0.5) is 8.78 Å². The van der Waals surface area contributed by atoms with Crippen molar-refractivity contribution in [1.29, 1.82) is 0 Å². The number of hydrogen-bond donors (Lipinski definition) is 2. The number of rotatable bonds is 5. The Balaban J connectivity index is 1.71. The highest BCUT2D eigenvalue weighted by Crippen LogP contribution is 2.27. The van der Waals surface area contributed by atoms with E-state index in [-0.39, 0.29) is 5.56 Å². The van der Waals surface area contributed by atoms with E-state index in [0.717, 1.165) is 18.9 Å². The van der Waals surface area contributed by atoms with Crippen molar-refractivity contribution in [3.63, 3.8) is 0 Å². The summed E-state index contributed by atoms with van der Waals surface area (Å²) in [4.78, 5) is 15.0. The first kappa shape index (κ1) is 17.9. The fourth-order valence-corrected chi connectivity index (χ4v) is 3.89. The summed E-state index contributed by atoms with van der Waals surface area (Å²) in [5.41, 5.74) is 2.63. The van der Waals surface area contributed by atoms with Gasteiger partial charge in [-0.15, -0.1) is 0 Å². The van der Waals surface area contributed by atoms with Crippen LogP contribution in [-0.4, -0.2) is 11.2 Å². The van der Waals surface area contributed by atoms with Crippen LogP contribution in [0, 0.1) is 11.6 Å². The minimum absolute atomic E-state index is 0.201. The zero-order chi connectivity index (χ0) is 17.6. The van der Waals surface area contributed by atoms with Crippen LogP contribution >= 0.6 is 11.9 Å². The molecule has 6 heteroatoms. The van der Waals surface area contributed by atoms with Gasteiger partial charge < -0.3 is 0 Å². The second-order valence-corrected chi connectivity index (χ2v) is 7.19. The number of benzene rings is 2. The number of hydrazine groups is 1. The lowest BCUT2D eigenvalue weighted by molar-refractivity contribution is 0.0938. The SMILES string of the molecule is O=C(NNSC1CCCCC1)c1c(F)ccc(-c2ccccc2)c1F. The molecule has 0 unspecified atom stereocenters. The van der Waals surface area contributed by atoms with E-state index in [1.165, 1.54) is 37.3 Å². The number of hydrogen-bond acceptors (Lipinski definition) is 3. The average molecular weight is 362 g/mol. The summed E-state index contributed by atoms with van der Waals surface area (Å²) in [6.45, 7) is 0. The maximum Gasteiger partial charge on any atom is 0.272 e. The summed E-state index contributed by atoms with van der Waals surface area (Å²) < 4.78 is 28.8. The normalized spacial score (nSPS) is 15.1. The van der Waals surface area contributed by atoms with E-state index in [9.17, 15) is 13.6 Å². The maximum absolute atomic E-state index is 14.7. The van der Waals surface area contributed by atoms with Crippen LogP contribution in [0.25, 0.3) is 11.1 Å². The van der Waals surface area contributed by atoms with E-state index in [2.05, 4.69) is 10.3 Å². The summed E-state index contributed by atoms with van der Waals surface area (Å²) in [7, 11) is 0. The lowest BCUT2D eigenvalue weighted by Crippen LogP contribution is -2.35. The predicted molar refractivity (Wildman–Crippen MR) is 96.9 cm³/mol. The van der Waals surface area contributed by atoms with Gasteiger partial charge in [0.15, 0.2) is 0 Å². The molecule has 0 saturated heterocycles. The van der Waals surface area contributed by atoms with Crippen LogP contribution in [-0.2, 0) is 0 Å². The Labute approximate surface area is 150 Å². The van der Waals surface area contributed by atoms with E-state index in [0.29, 0.717) is 10.8 Å². The molecule has 0 aromatic heterocycles. The summed E-state index contributed by atoms with van der Waals surface area (Å²) in [5.74, 6) is -2.54. The molecule has 0 spiro atoms. The largest absolute Gasteiger partial charge is 0.277 e. The van der Waals surface area contributed by atoms with Gasteiger partial charge in [0.1, 0.15) is 17.2 Å². The number of halogens is 2. The number of amides is 1. The molecule has 0 aliphatic heterocycles. The van der Waals surface area contributed by atoms with E-state index in [1.54, 1.807) is 24.3 Å². The number of nitrogens with one attached hydrogen (secondary N) is 2. The van der Waals surface area contributed by atoms with Crippen molar-refractivity contribution in [3.05, 3.63) is 59.7 Å². The molecule has 2 aromatic carbocycles. The average Bonchev–Trinajstić information content (AvgIpc) is 2.63. The molecule has 2 N–H and O–H groups in total. The van der Waals surface area contributed by atoms with E-state index in [4.69, 9.17) is 0 Å². The lowest BCUT2D eigenvalue weighted by Gasteiger charge is -2.21. The monoisotopic (exact) mass is 362 g/mol. The lowest BCUT2D eigenvalue weighted by atomic mass is 10.0. The van der Waals surface area contributed by atoms with Crippen LogP contribution in [0.5, 0.6) is 0 Å². The quantitative estimate of drug-likeness (QED) is 0.590. The van der Waals surface area contributed by atoms with Crippen molar-refractivity contribution in [2.45, 2.75) is 37.4 Å².